The van der Waals surface area contributed by atoms with Gasteiger partial charge in [0.25, 0.3) is 0 Å². The molecule has 1 aliphatic heterocycles. The van der Waals surface area contributed by atoms with Crippen molar-refractivity contribution in [2.24, 2.45) is 0 Å². The molecule has 1 fully saturated rings. The third kappa shape index (κ3) is 5.35. The van der Waals surface area contributed by atoms with Gasteiger partial charge in [0.1, 0.15) is 24.2 Å². The number of methoxy groups -OCH3 is 2. The summed E-state index contributed by atoms with van der Waals surface area (Å²) in [5.74, 6) is -1.33. The van der Waals surface area contributed by atoms with E-state index >= 15 is 0 Å². The Hall–Kier alpha value is -2.42. The molecular formula is C21H25F2NO5. The van der Waals surface area contributed by atoms with Gasteiger partial charge in [-0.25, -0.2) is 4.39 Å². The first kappa shape index (κ1) is 21.3. The molecule has 1 atom stereocenters. The van der Waals surface area contributed by atoms with Crippen molar-refractivity contribution in [3.05, 3.63) is 42.0 Å². The Morgan fingerprint density at radius 2 is 1.79 bits per heavy atom. The number of β-amino-alcohol motifs (C(OH)–C–C–N with tert-alkyl or cyclic N) is 1. The van der Waals surface area contributed by atoms with E-state index in [2.05, 4.69) is 4.90 Å². The highest BCUT2D eigenvalue weighted by molar-refractivity contribution is 5.73. The third-order valence-electron chi connectivity index (χ3n) is 4.70. The van der Waals surface area contributed by atoms with Crippen molar-refractivity contribution in [1.82, 2.24) is 4.90 Å². The van der Waals surface area contributed by atoms with Crippen LogP contribution in [-0.4, -0.2) is 69.8 Å². The van der Waals surface area contributed by atoms with Crippen molar-refractivity contribution < 1.29 is 32.8 Å². The predicted molar refractivity (Wildman–Crippen MR) is 104 cm³/mol. The molecule has 2 aromatic rings. The summed E-state index contributed by atoms with van der Waals surface area (Å²) in [6.07, 6.45) is -0.680. The molecule has 0 radical (unpaired) electrons. The van der Waals surface area contributed by atoms with Gasteiger partial charge in [0.15, 0.2) is 11.6 Å². The number of aliphatic hydroxyl groups excluding tert-OH is 1. The molecule has 1 N–H and O–H groups in total. The Kier molecular flexibility index (Phi) is 7.24. The lowest BCUT2D eigenvalue weighted by Gasteiger charge is -2.28. The van der Waals surface area contributed by atoms with Gasteiger partial charge in [-0.15, -0.1) is 0 Å². The summed E-state index contributed by atoms with van der Waals surface area (Å²) in [5.41, 5.74) is 0.904. The molecule has 0 aromatic heterocycles. The van der Waals surface area contributed by atoms with Gasteiger partial charge in [-0.2, -0.15) is 4.39 Å². The van der Waals surface area contributed by atoms with Crippen LogP contribution in [0.3, 0.4) is 0 Å². The molecule has 1 aliphatic rings. The Labute approximate surface area is 168 Å². The number of benzene rings is 2. The molecule has 29 heavy (non-hydrogen) atoms. The third-order valence-corrected chi connectivity index (χ3v) is 4.70. The van der Waals surface area contributed by atoms with E-state index in [-0.39, 0.29) is 12.4 Å². The van der Waals surface area contributed by atoms with Gasteiger partial charge in [-0.05, 0) is 29.8 Å². The molecule has 0 bridgehead atoms. The zero-order valence-electron chi connectivity index (χ0n) is 16.5. The van der Waals surface area contributed by atoms with Crippen LogP contribution >= 0.6 is 0 Å². The number of rotatable bonds is 8. The Morgan fingerprint density at radius 1 is 1.07 bits per heavy atom. The molecule has 1 saturated heterocycles. The molecule has 0 aliphatic carbocycles. The largest absolute Gasteiger partial charge is 0.497 e. The topological polar surface area (TPSA) is 60.4 Å². The van der Waals surface area contributed by atoms with E-state index in [9.17, 15) is 13.9 Å². The average molecular weight is 409 g/mol. The molecular weight excluding hydrogens is 384 g/mol. The Bertz CT molecular complexity index is 827. The molecule has 0 amide bonds. The van der Waals surface area contributed by atoms with Crippen LogP contribution in [-0.2, 0) is 4.74 Å². The first-order valence-electron chi connectivity index (χ1n) is 9.34. The van der Waals surface area contributed by atoms with E-state index in [1.165, 1.54) is 20.3 Å². The van der Waals surface area contributed by atoms with Crippen LogP contribution in [0.25, 0.3) is 11.1 Å². The standard InChI is InChI=1S/C21H25F2NO5/c1-26-16-9-14(18-3-4-19(22)20(23)21(18)27-2)10-17(11-16)29-13-15(25)12-24-5-7-28-8-6-24/h3-4,9-11,15,25H,5-8,12-13H2,1-2H3. The van der Waals surface area contributed by atoms with Gasteiger partial charge < -0.3 is 24.1 Å². The number of hydrogen-bond acceptors (Lipinski definition) is 6. The van der Waals surface area contributed by atoms with E-state index < -0.39 is 17.7 Å². The van der Waals surface area contributed by atoms with Crippen molar-refractivity contribution in [3.63, 3.8) is 0 Å². The zero-order valence-corrected chi connectivity index (χ0v) is 16.5. The van der Waals surface area contributed by atoms with Crippen molar-refractivity contribution in [2.45, 2.75) is 6.10 Å². The predicted octanol–water partition coefficient (Wildman–Crippen LogP) is 2.72. The molecule has 6 nitrogen and oxygen atoms in total. The lowest BCUT2D eigenvalue weighted by Crippen LogP contribution is -2.42. The molecule has 3 rings (SSSR count). The van der Waals surface area contributed by atoms with Gasteiger partial charge in [-0.1, -0.05) is 0 Å². The lowest BCUT2D eigenvalue weighted by atomic mass is 10.0. The van der Waals surface area contributed by atoms with Crippen LogP contribution in [0.5, 0.6) is 17.2 Å². The maximum atomic E-state index is 14.1. The number of ether oxygens (including phenoxy) is 4. The number of halogens is 2. The van der Waals surface area contributed by atoms with Crippen molar-refractivity contribution in [1.29, 1.82) is 0 Å². The summed E-state index contributed by atoms with van der Waals surface area (Å²) < 4.78 is 49.0. The zero-order chi connectivity index (χ0) is 20.8. The minimum atomic E-state index is -1.06. The van der Waals surface area contributed by atoms with Crippen LogP contribution < -0.4 is 14.2 Å². The number of aliphatic hydroxyl groups is 1. The van der Waals surface area contributed by atoms with E-state index in [1.807, 2.05) is 0 Å². The quantitative estimate of drug-likeness (QED) is 0.724. The first-order chi connectivity index (χ1) is 14.0. The van der Waals surface area contributed by atoms with Gasteiger partial charge in [-0.3, -0.25) is 4.90 Å². The second kappa shape index (κ2) is 9.87. The highest BCUT2D eigenvalue weighted by Gasteiger charge is 2.18. The fraction of sp³-hybridized carbons (Fsp3) is 0.429. The second-order valence-corrected chi connectivity index (χ2v) is 6.72. The molecule has 8 heteroatoms. The highest BCUT2D eigenvalue weighted by atomic mass is 19.2. The maximum Gasteiger partial charge on any atom is 0.201 e. The van der Waals surface area contributed by atoms with Crippen LogP contribution in [0.1, 0.15) is 0 Å². The van der Waals surface area contributed by atoms with Crippen molar-refractivity contribution >= 4 is 0 Å². The summed E-state index contributed by atoms with van der Waals surface area (Å²) in [6, 6.07) is 7.48. The minimum Gasteiger partial charge on any atom is -0.497 e. The number of morpholine rings is 1. The second-order valence-electron chi connectivity index (χ2n) is 6.72. The fourth-order valence-corrected chi connectivity index (χ4v) is 3.21. The van der Waals surface area contributed by atoms with Gasteiger partial charge in [0.2, 0.25) is 5.82 Å². The van der Waals surface area contributed by atoms with E-state index in [0.29, 0.717) is 42.4 Å². The summed E-state index contributed by atoms with van der Waals surface area (Å²) in [7, 11) is 2.78. The van der Waals surface area contributed by atoms with Gasteiger partial charge in [0, 0.05) is 31.3 Å². The number of hydrogen-bond donors (Lipinski definition) is 1. The smallest absolute Gasteiger partial charge is 0.201 e. The molecule has 2 aromatic carbocycles. The minimum absolute atomic E-state index is 0.0822. The van der Waals surface area contributed by atoms with Crippen LogP contribution in [0.4, 0.5) is 8.78 Å². The van der Waals surface area contributed by atoms with Crippen molar-refractivity contribution in [3.8, 4) is 28.4 Å². The SMILES string of the molecule is COc1cc(OCC(O)CN2CCOCC2)cc(-c2ccc(F)c(F)c2OC)c1. The van der Waals surface area contributed by atoms with Crippen LogP contribution in [0.15, 0.2) is 30.3 Å². The average Bonchev–Trinajstić information content (AvgIpc) is 2.74. The summed E-state index contributed by atoms with van der Waals surface area (Å²) in [6.45, 7) is 3.43. The molecule has 1 heterocycles. The summed E-state index contributed by atoms with van der Waals surface area (Å²) >= 11 is 0. The van der Waals surface area contributed by atoms with Crippen molar-refractivity contribution in [2.75, 3.05) is 53.7 Å². The van der Waals surface area contributed by atoms with Crippen LogP contribution in [0, 0.1) is 11.6 Å². The normalized spacial score (nSPS) is 15.8. The monoisotopic (exact) mass is 409 g/mol. The summed E-state index contributed by atoms with van der Waals surface area (Å²) in [5, 5.41) is 10.3. The highest BCUT2D eigenvalue weighted by Crippen LogP contribution is 2.37. The van der Waals surface area contributed by atoms with Gasteiger partial charge in [0.05, 0.1) is 27.4 Å². The first-order valence-corrected chi connectivity index (χ1v) is 9.34. The van der Waals surface area contributed by atoms with E-state index in [1.54, 1.807) is 18.2 Å². The van der Waals surface area contributed by atoms with Gasteiger partial charge >= 0.3 is 0 Å². The number of nitrogens with zero attached hydrogens (tertiary/aromatic N) is 1. The van der Waals surface area contributed by atoms with Crippen LogP contribution in [0.2, 0.25) is 0 Å². The fourth-order valence-electron chi connectivity index (χ4n) is 3.21. The lowest BCUT2D eigenvalue weighted by molar-refractivity contribution is 0.00464. The maximum absolute atomic E-state index is 14.1. The molecule has 158 valence electrons. The Balaban J connectivity index is 1.76. The molecule has 0 spiro atoms. The van der Waals surface area contributed by atoms with E-state index in [0.717, 1.165) is 19.2 Å². The molecule has 0 saturated carbocycles. The molecule has 1 unspecified atom stereocenters. The Morgan fingerprint density at radius 3 is 2.48 bits per heavy atom. The van der Waals surface area contributed by atoms with E-state index in [4.69, 9.17) is 18.9 Å². The summed E-state index contributed by atoms with van der Waals surface area (Å²) in [4.78, 5) is 2.11.